The van der Waals surface area contributed by atoms with E-state index in [-0.39, 0.29) is 23.7 Å². The summed E-state index contributed by atoms with van der Waals surface area (Å²) in [7, 11) is 0. The van der Waals surface area contributed by atoms with E-state index in [1.807, 2.05) is 12.1 Å². The van der Waals surface area contributed by atoms with E-state index in [1.54, 1.807) is 0 Å². The molecule has 3 rings (SSSR count). The summed E-state index contributed by atoms with van der Waals surface area (Å²) in [5.41, 5.74) is 2.34. The third-order valence-electron chi connectivity index (χ3n) is 4.97. The first-order chi connectivity index (χ1) is 10.1. The molecule has 1 amide bonds. The average Bonchev–Trinajstić information content (AvgIpc) is 2.44. The Morgan fingerprint density at radius 1 is 1.24 bits per heavy atom. The van der Waals surface area contributed by atoms with Gasteiger partial charge in [0.2, 0.25) is 5.91 Å². The molecular formula is C18H23NO2. The van der Waals surface area contributed by atoms with E-state index in [2.05, 4.69) is 24.4 Å². The Bertz CT molecular complexity index is 536. The van der Waals surface area contributed by atoms with E-state index < -0.39 is 0 Å². The number of ketones is 1. The Morgan fingerprint density at radius 3 is 2.62 bits per heavy atom. The quantitative estimate of drug-likeness (QED) is 0.928. The first-order valence-corrected chi connectivity index (χ1v) is 8.00. The maximum atomic E-state index is 12.4. The molecule has 1 aromatic rings. The minimum absolute atomic E-state index is 0.0304. The van der Waals surface area contributed by atoms with Crippen LogP contribution in [0.4, 0.5) is 0 Å². The lowest BCUT2D eigenvalue weighted by atomic mass is 9.67. The van der Waals surface area contributed by atoms with Crippen molar-refractivity contribution in [2.24, 2.45) is 17.8 Å². The molecule has 2 fully saturated rings. The number of hydrogen-bond donors (Lipinski definition) is 1. The van der Waals surface area contributed by atoms with Gasteiger partial charge in [0, 0.05) is 24.3 Å². The van der Waals surface area contributed by atoms with E-state index in [0.29, 0.717) is 12.3 Å². The number of carbonyl (C=O) groups excluding carboxylic acids is 2. The third-order valence-corrected chi connectivity index (χ3v) is 4.97. The van der Waals surface area contributed by atoms with Crippen LogP contribution in [0.1, 0.15) is 43.2 Å². The molecule has 112 valence electrons. The van der Waals surface area contributed by atoms with E-state index >= 15 is 0 Å². The summed E-state index contributed by atoms with van der Waals surface area (Å²) in [6, 6.07) is 8.20. The molecule has 2 saturated carbocycles. The van der Waals surface area contributed by atoms with Crippen LogP contribution in [0.2, 0.25) is 0 Å². The average molecular weight is 285 g/mol. The zero-order valence-electron chi connectivity index (χ0n) is 12.6. The molecule has 3 atom stereocenters. The topological polar surface area (TPSA) is 46.2 Å². The molecule has 2 aliphatic carbocycles. The van der Waals surface area contributed by atoms with Crippen LogP contribution < -0.4 is 5.32 Å². The van der Waals surface area contributed by atoms with Crippen molar-refractivity contribution < 1.29 is 9.59 Å². The first kappa shape index (κ1) is 14.3. The number of rotatable bonds is 3. The van der Waals surface area contributed by atoms with Gasteiger partial charge >= 0.3 is 0 Å². The monoisotopic (exact) mass is 285 g/mol. The number of aryl methyl sites for hydroxylation is 1. The lowest BCUT2D eigenvalue weighted by Gasteiger charge is -2.36. The number of amides is 1. The van der Waals surface area contributed by atoms with Gasteiger partial charge in [0.25, 0.3) is 0 Å². The van der Waals surface area contributed by atoms with Gasteiger partial charge in [0.15, 0.2) is 0 Å². The van der Waals surface area contributed by atoms with Gasteiger partial charge in [-0.05, 0) is 38.2 Å². The Balaban J connectivity index is 1.57. The standard InChI is InChI=1S/C18H23NO2/c1-12-4-2-5-13(8-12)11-19-18(21)16-9-14-6-3-7-15(10-16)17(14)20/h2,4-5,8,14-16H,3,6-7,9-11H2,1H3,(H,19,21)/t14-,15+,16?. The molecule has 1 N–H and O–H groups in total. The van der Waals surface area contributed by atoms with Crippen LogP contribution in [0.25, 0.3) is 0 Å². The number of benzene rings is 1. The van der Waals surface area contributed by atoms with E-state index in [4.69, 9.17) is 0 Å². The molecule has 0 heterocycles. The molecule has 0 aliphatic heterocycles. The van der Waals surface area contributed by atoms with E-state index in [1.165, 1.54) is 5.56 Å². The molecule has 0 aromatic heterocycles. The second-order valence-electron chi connectivity index (χ2n) is 6.60. The highest BCUT2D eigenvalue weighted by Gasteiger charge is 2.41. The Hall–Kier alpha value is -1.64. The highest BCUT2D eigenvalue weighted by molar-refractivity contribution is 5.88. The van der Waals surface area contributed by atoms with Gasteiger partial charge in [-0.15, -0.1) is 0 Å². The number of nitrogens with one attached hydrogen (secondary N) is 1. The summed E-state index contributed by atoms with van der Waals surface area (Å²) in [4.78, 5) is 24.4. The minimum atomic E-state index is 0.0304. The van der Waals surface area contributed by atoms with Gasteiger partial charge in [-0.3, -0.25) is 9.59 Å². The van der Waals surface area contributed by atoms with Crippen molar-refractivity contribution in [2.75, 3.05) is 0 Å². The molecule has 3 heteroatoms. The second-order valence-corrected chi connectivity index (χ2v) is 6.60. The predicted octanol–water partition coefficient (Wildman–Crippen LogP) is 3.01. The Morgan fingerprint density at radius 2 is 1.95 bits per heavy atom. The van der Waals surface area contributed by atoms with Gasteiger partial charge in [0.05, 0.1) is 0 Å². The summed E-state index contributed by atoms with van der Waals surface area (Å²) in [5, 5.41) is 3.05. The summed E-state index contributed by atoms with van der Waals surface area (Å²) in [6.45, 7) is 2.64. The summed E-state index contributed by atoms with van der Waals surface area (Å²) >= 11 is 0. The fourth-order valence-electron chi connectivity index (χ4n) is 3.85. The van der Waals surface area contributed by atoms with Gasteiger partial charge in [-0.1, -0.05) is 36.2 Å². The molecule has 2 bridgehead atoms. The van der Waals surface area contributed by atoms with E-state index in [9.17, 15) is 9.59 Å². The SMILES string of the molecule is Cc1cccc(CNC(=O)C2C[C@H]3CCC[C@@H](C2)C3=O)c1. The number of hydrogen-bond acceptors (Lipinski definition) is 2. The fourth-order valence-corrected chi connectivity index (χ4v) is 3.85. The molecule has 2 aliphatic rings. The van der Waals surface area contributed by atoms with Crippen molar-refractivity contribution in [3.05, 3.63) is 35.4 Å². The zero-order chi connectivity index (χ0) is 14.8. The highest BCUT2D eigenvalue weighted by Crippen LogP contribution is 2.40. The lowest BCUT2D eigenvalue weighted by Crippen LogP contribution is -2.42. The van der Waals surface area contributed by atoms with Gasteiger partial charge < -0.3 is 5.32 Å². The second kappa shape index (κ2) is 6.00. The van der Waals surface area contributed by atoms with Crippen LogP contribution in [0.15, 0.2) is 24.3 Å². The van der Waals surface area contributed by atoms with Crippen LogP contribution >= 0.6 is 0 Å². The van der Waals surface area contributed by atoms with Crippen molar-refractivity contribution in [2.45, 2.75) is 45.6 Å². The summed E-state index contributed by atoms with van der Waals surface area (Å²) in [5.74, 6) is 0.868. The Labute approximate surface area is 126 Å². The van der Waals surface area contributed by atoms with Crippen LogP contribution in [0, 0.1) is 24.7 Å². The fraction of sp³-hybridized carbons (Fsp3) is 0.556. The minimum Gasteiger partial charge on any atom is -0.352 e. The van der Waals surface area contributed by atoms with Crippen LogP contribution in [0.5, 0.6) is 0 Å². The van der Waals surface area contributed by atoms with Gasteiger partial charge in [0.1, 0.15) is 5.78 Å². The number of carbonyl (C=O) groups is 2. The maximum Gasteiger partial charge on any atom is 0.223 e. The number of Topliss-reactive ketones (excluding diaryl/α,β-unsaturated/α-hetero) is 1. The normalized spacial score (nSPS) is 28.2. The Kier molecular flexibility index (Phi) is 4.09. The molecule has 3 nitrogen and oxygen atoms in total. The van der Waals surface area contributed by atoms with Crippen molar-refractivity contribution in [1.29, 1.82) is 0 Å². The van der Waals surface area contributed by atoms with Gasteiger partial charge in [-0.25, -0.2) is 0 Å². The summed E-state index contributed by atoms with van der Waals surface area (Å²) in [6.07, 6.45) is 4.64. The van der Waals surface area contributed by atoms with Crippen LogP contribution in [-0.2, 0) is 16.1 Å². The van der Waals surface area contributed by atoms with Crippen molar-refractivity contribution in [3.63, 3.8) is 0 Å². The lowest BCUT2D eigenvalue weighted by molar-refractivity contribution is -0.137. The van der Waals surface area contributed by atoms with E-state index in [0.717, 1.165) is 37.7 Å². The molecule has 0 spiro atoms. The highest BCUT2D eigenvalue weighted by atomic mass is 16.2. The molecule has 1 aromatic carbocycles. The largest absolute Gasteiger partial charge is 0.352 e. The molecule has 1 unspecified atom stereocenters. The molecule has 21 heavy (non-hydrogen) atoms. The first-order valence-electron chi connectivity index (χ1n) is 8.00. The molecular weight excluding hydrogens is 262 g/mol. The summed E-state index contributed by atoms with van der Waals surface area (Å²) < 4.78 is 0. The maximum absolute atomic E-state index is 12.4. The smallest absolute Gasteiger partial charge is 0.223 e. The van der Waals surface area contributed by atoms with Crippen molar-refractivity contribution in [1.82, 2.24) is 5.32 Å². The predicted molar refractivity (Wildman–Crippen MR) is 81.6 cm³/mol. The number of fused-ring (bicyclic) bond motifs is 2. The van der Waals surface area contributed by atoms with Crippen molar-refractivity contribution >= 4 is 11.7 Å². The van der Waals surface area contributed by atoms with Gasteiger partial charge in [-0.2, -0.15) is 0 Å². The third kappa shape index (κ3) is 3.17. The molecule has 0 saturated heterocycles. The van der Waals surface area contributed by atoms with Crippen LogP contribution in [0.3, 0.4) is 0 Å². The molecule has 0 radical (unpaired) electrons. The van der Waals surface area contributed by atoms with Crippen LogP contribution in [-0.4, -0.2) is 11.7 Å². The zero-order valence-corrected chi connectivity index (χ0v) is 12.6. The van der Waals surface area contributed by atoms with Crippen molar-refractivity contribution in [3.8, 4) is 0 Å².